The number of hydrogen-bond donors (Lipinski definition) is 1. The first-order chi connectivity index (χ1) is 10.1. The van der Waals surface area contributed by atoms with Crippen LogP contribution in [0.2, 0.25) is 0 Å². The Balaban J connectivity index is 1.62. The van der Waals surface area contributed by atoms with E-state index in [0.29, 0.717) is 17.3 Å². The van der Waals surface area contributed by atoms with Crippen LogP contribution < -0.4 is 0 Å². The second-order valence-electron chi connectivity index (χ2n) is 8.09. The Morgan fingerprint density at radius 2 is 1.86 bits per heavy atom. The van der Waals surface area contributed by atoms with E-state index in [0.717, 1.165) is 6.42 Å². The first kappa shape index (κ1) is 15.1. The van der Waals surface area contributed by atoms with E-state index >= 15 is 0 Å². The summed E-state index contributed by atoms with van der Waals surface area (Å²) in [6.07, 6.45) is 9.61. The Morgan fingerprint density at radius 1 is 1.14 bits per heavy atom. The molecule has 0 amide bonds. The smallest absolute Gasteiger partial charge is 0.0574 e. The highest BCUT2D eigenvalue weighted by Gasteiger charge is 2.32. The third kappa shape index (κ3) is 3.51. The van der Waals surface area contributed by atoms with Gasteiger partial charge in [0.2, 0.25) is 0 Å². The normalized spacial score (nSPS) is 27.1. The van der Waals surface area contributed by atoms with Crippen molar-refractivity contribution in [2.45, 2.75) is 77.2 Å². The molecule has 2 atom stereocenters. The molecule has 2 aliphatic rings. The van der Waals surface area contributed by atoms with E-state index in [4.69, 9.17) is 0 Å². The molecule has 2 unspecified atom stereocenters. The van der Waals surface area contributed by atoms with Crippen molar-refractivity contribution in [1.29, 1.82) is 0 Å². The summed E-state index contributed by atoms with van der Waals surface area (Å²) in [7, 11) is 0. The van der Waals surface area contributed by atoms with Gasteiger partial charge in [0.25, 0.3) is 0 Å². The van der Waals surface area contributed by atoms with Crippen LogP contribution in [-0.4, -0.2) is 11.2 Å². The highest BCUT2D eigenvalue weighted by atomic mass is 16.3. The van der Waals surface area contributed by atoms with Gasteiger partial charge in [0.05, 0.1) is 6.10 Å². The minimum absolute atomic E-state index is 0.0998. The van der Waals surface area contributed by atoms with Gasteiger partial charge in [-0.3, -0.25) is 0 Å². The Morgan fingerprint density at radius 3 is 2.62 bits per heavy atom. The molecule has 116 valence electrons. The lowest BCUT2D eigenvalue weighted by atomic mass is 9.70. The number of fused-ring (bicyclic) bond motifs is 1. The molecule has 0 spiro atoms. The van der Waals surface area contributed by atoms with Crippen molar-refractivity contribution < 1.29 is 5.11 Å². The van der Waals surface area contributed by atoms with Gasteiger partial charge in [0.1, 0.15) is 0 Å². The quantitative estimate of drug-likeness (QED) is 0.822. The van der Waals surface area contributed by atoms with Crippen LogP contribution in [0, 0.1) is 11.3 Å². The molecule has 2 aliphatic carbocycles. The maximum absolute atomic E-state index is 10.7. The molecule has 0 saturated heterocycles. The molecular formula is C20H30O. The maximum Gasteiger partial charge on any atom is 0.0574 e. The van der Waals surface area contributed by atoms with E-state index in [-0.39, 0.29) is 6.10 Å². The standard InChI is InChI=1S/C20H30O/c1-20(2)12-10-16(11-13-20)19(21)14-17-8-5-7-15-6-3-4-9-18(15)17/h3-4,6,9,16-17,19,21H,5,7-8,10-14H2,1-2H3. The lowest BCUT2D eigenvalue weighted by molar-refractivity contribution is 0.0453. The predicted molar refractivity (Wildman–Crippen MR) is 88.5 cm³/mol. The van der Waals surface area contributed by atoms with Crippen molar-refractivity contribution in [3.8, 4) is 0 Å². The van der Waals surface area contributed by atoms with Gasteiger partial charge in [-0.2, -0.15) is 0 Å². The molecule has 1 aromatic rings. The van der Waals surface area contributed by atoms with Gasteiger partial charge in [-0.05, 0) is 79.7 Å². The third-order valence-corrected chi connectivity index (χ3v) is 5.95. The van der Waals surface area contributed by atoms with Crippen LogP contribution in [0.3, 0.4) is 0 Å². The fraction of sp³-hybridized carbons (Fsp3) is 0.700. The van der Waals surface area contributed by atoms with E-state index in [1.165, 1.54) is 56.1 Å². The largest absolute Gasteiger partial charge is 0.393 e. The first-order valence-corrected chi connectivity index (χ1v) is 8.81. The maximum atomic E-state index is 10.7. The van der Waals surface area contributed by atoms with Crippen LogP contribution in [0.5, 0.6) is 0 Å². The number of benzene rings is 1. The molecule has 1 heteroatoms. The van der Waals surface area contributed by atoms with E-state index in [2.05, 4.69) is 38.1 Å². The zero-order chi connectivity index (χ0) is 14.9. The summed E-state index contributed by atoms with van der Waals surface area (Å²) < 4.78 is 0. The molecule has 21 heavy (non-hydrogen) atoms. The molecule has 1 saturated carbocycles. The van der Waals surface area contributed by atoms with Gasteiger partial charge in [-0.1, -0.05) is 38.1 Å². The van der Waals surface area contributed by atoms with Crippen LogP contribution in [0.1, 0.15) is 75.8 Å². The molecule has 0 aliphatic heterocycles. The van der Waals surface area contributed by atoms with Crippen LogP contribution in [0.15, 0.2) is 24.3 Å². The predicted octanol–water partition coefficient (Wildman–Crippen LogP) is 5.07. The molecule has 1 N–H and O–H groups in total. The fourth-order valence-electron chi connectivity index (χ4n) is 4.39. The molecular weight excluding hydrogens is 256 g/mol. The summed E-state index contributed by atoms with van der Waals surface area (Å²) in [4.78, 5) is 0. The summed E-state index contributed by atoms with van der Waals surface area (Å²) in [5.74, 6) is 1.12. The van der Waals surface area contributed by atoms with Gasteiger partial charge < -0.3 is 5.11 Å². The minimum atomic E-state index is -0.0998. The number of aryl methyl sites for hydroxylation is 1. The van der Waals surface area contributed by atoms with Gasteiger partial charge in [0, 0.05) is 0 Å². The van der Waals surface area contributed by atoms with E-state index in [1.807, 2.05) is 0 Å². The monoisotopic (exact) mass is 286 g/mol. The van der Waals surface area contributed by atoms with E-state index in [1.54, 1.807) is 0 Å². The average Bonchev–Trinajstić information content (AvgIpc) is 2.47. The third-order valence-electron chi connectivity index (χ3n) is 5.95. The van der Waals surface area contributed by atoms with Crippen molar-refractivity contribution in [3.05, 3.63) is 35.4 Å². The highest BCUT2D eigenvalue weighted by molar-refractivity contribution is 5.32. The molecule has 1 fully saturated rings. The van der Waals surface area contributed by atoms with Crippen LogP contribution in [0.25, 0.3) is 0 Å². The summed E-state index contributed by atoms with van der Waals surface area (Å²) >= 11 is 0. The molecule has 1 aromatic carbocycles. The number of aliphatic hydroxyl groups excluding tert-OH is 1. The number of rotatable bonds is 3. The lowest BCUT2D eigenvalue weighted by Crippen LogP contribution is -2.30. The van der Waals surface area contributed by atoms with E-state index in [9.17, 15) is 5.11 Å². The summed E-state index contributed by atoms with van der Waals surface area (Å²) in [5.41, 5.74) is 3.53. The molecule has 0 heterocycles. The zero-order valence-corrected chi connectivity index (χ0v) is 13.6. The molecule has 0 radical (unpaired) electrons. The van der Waals surface area contributed by atoms with Crippen molar-refractivity contribution in [2.75, 3.05) is 0 Å². The van der Waals surface area contributed by atoms with Crippen LogP contribution in [-0.2, 0) is 6.42 Å². The van der Waals surface area contributed by atoms with Gasteiger partial charge in [0.15, 0.2) is 0 Å². The topological polar surface area (TPSA) is 20.2 Å². The summed E-state index contributed by atoms with van der Waals surface area (Å²) in [6, 6.07) is 8.88. The summed E-state index contributed by atoms with van der Waals surface area (Å²) in [6.45, 7) is 4.74. The number of hydrogen-bond acceptors (Lipinski definition) is 1. The van der Waals surface area contributed by atoms with Gasteiger partial charge in [-0.15, -0.1) is 0 Å². The first-order valence-electron chi connectivity index (χ1n) is 8.81. The average molecular weight is 286 g/mol. The van der Waals surface area contributed by atoms with Crippen molar-refractivity contribution in [1.82, 2.24) is 0 Å². The van der Waals surface area contributed by atoms with Crippen molar-refractivity contribution in [3.63, 3.8) is 0 Å². The van der Waals surface area contributed by atoms with Crippen molar-refractivity contribution in [2.24, 2.45) is 11.3 Å². The minimum Gasteiger partial charge on any atom is -0.393 e. The Hall–Kier alpha value is -0.820. The molecule has 3 rings (SSSR count). The molecule has 0 aromatic heterocycles. The number of aliphatic hydroxyl groups is 1. The second kappa shape index (κ2) is 6.12. The van der Waals surface area contributed by atoms with E-state index < -0.39 is 0 Å². The SMILES string of the molecule is CC1(C)CCC(C(O)CC2CCCc3ccccc32)CC1. The second-order valence-corrected chi connectivity index (χ2v) is 8.09. The molecule has 1 nitrogen and oxygen atoms in total. The molecule has 0 bridgehead atoms. The van der Waals surface area contributed by atoms with Crippen LogP contribution in [0.4, 0.5) is 0 Å². The zero-order valence-electron chi connectivity index (χ0n) is 13.6. The highest BCUT2D eigenvalue weighted by Crippen LogP contribution is 2.42. The summed E-state index contributed by atoms with van der Waals surface area (Å²) in [5, 5.41) is 10.7. The van der Waals surface area contributed by atoms with Crippen molar-refractivity contribution >= 4 is 0 Å². The van der Waals surface area contributed by atoms with Crippen LogP contribution >= 0.6 is 0 Å². The Labute approximate surface area is 129 Å². The Bertz CT molecular complexity index is 466. The van der Waals surface area contributed by atoms with Gasteiger partial charge in [-0.25, -0.2) is 0 Å². The van der Waals surface area contributed by atoms with Gasteiger partial charge >= 0.3 is 0 Å². The lowest BCUT2D eigenvalue weighted by Gasteiger charge is -2.37. The Kier molecular flexibility index (Phi) is 4.40. The fourth-order valence-corrected chi connectivity index (χ4v) is 4.39.